The standard InChI is InChI=1S/C46H40N2O2/c1-5-32-37(29(4)46(38(32)6-2)24-13-8-14-25-46)26-28(3)31-22-23-33-34-19-15-20-36(43(34)50-40(33)27-31)45-47-41(30-16-9-7-10-17-30)44-42(48-45)35-18-11-12-21-39(35)49-44/h5-7,9-12,15-23,26-27H,8,13-14,24-25H2,1-4H3/b28-26+,32-5-,38-6+. The fraction of sp³-hybridized carbons (Fsp3) is 0.217. The molecule has 0 aliphatic heterocycles. The highest BCUT2D eigenvalue weighted by molar-refractivity contribution is 6.11. The molecule has 2 aliphatic carbocycles. The third-order valence-corrected chi connectivity index (χ3v) is 11.3. The molecular formula is C46H40N2O2. The zero-order valence-corrected chi connectivity index (χ0v) is 29.1. The first-order valence-corrected chi connectivity index (χ1v) is 17.9. The molecule has 50 heavy (non-hydrogen) atoms. The number of nitrogens with zero attached hydrogens (tertiary/aromatic N) is 2. The Morgan fingerprint density at radius 1 is 0.720 bits per heavy atom. The third-order valence-electron chi connectivity index (χ3n) is 11.3. The van der Waals surface area contributed by atoms with Crippen molar-refractivity contribution in [1.29, 1.82) is 0 Å². The van der Waals surface area contributed by atoms with Gasteiger partial charge in [-0.2, -0.15) is 0 Å². The monoisotopic (exact) mass is 652 g/mol. The molecule has 1 fully saturated rings. The molecule has 4 nitrogen and oxygen atoms in total. The van der Waals surface area contributed by atoms with Crippen LogP contribution in [0.15, 0.2) is 140 Å². The van der Waals surface area contributed by atoms with Crippen LogP contribution in [-0.4, -0.2) is 9.97 Å². The lowest BCUT2D eigenvalue weighted by atomic mass is 9.67. The number of rotatable bonds is 4. The Morgan fingerprint density at radius 3 is 2.28 bits per heavy atom. The smallest absolute Gasteiger partial charge is 0.180 e. The van der Waals surface area contributed by atoms with Gasteiger partial charge in [-0.05, 0) is 98.7 Å². The minimum absolute atomic E-state index is 0.189. The molecule has 0 unspecified atom stereocenters. The molecule has 4 aromatic carbocycles. The van der Waals surface area contributed by atoms with E-state index >= 15 is 0 Å². The van der Waals surface area contributed by atoms with E-state index in [1.54, 1.807) is 0 Å². The van der Waals surface area contributed by atoms with Crippen molar-refractivity contribution in [3.63, 3.8) is 0 Å². The van der Waals surface area contributed by atoms with E-state index in [-0.39, 0.29) is 5.41 Å². The normalized spacial score (nSPS) is 18.3. The van der Waals surface area contributed by atoms with Crippen LogP contribution in [0.25, 0.3) is 72.2 Å². The zero-order valence-electron chi connectivity index (χ0n) is 29.1. The summed E-state index contributed by atoms with van der Waals surface area (Å²) in [6, 6.07) is 31.1. The maximum atomic E-state index is 6.75. The molecule has 3 heterocycles. The first-order chi connectivity index (χ1) is 24.5. The zero-order chi connectivity index (χ0) is 34.0. The summed E-state index contributed by atoms with van der Waals surface area (Å²) in [4.78, 5) is 10.3. The Labute approximate surface area is 292 Å². The van der Waals surface area contributed by atoms with Crippen LogP contribution in [0.2, 0.25) is 0 Å². The molecule has 3 aromatic heterocycles. The number of fused-ring (bicyclic) bond motifs is 6. The van der Waals surface area contributed by atoms with Crippen molar-refractivity contribution in [3.05, 3.63) is 137 Å². The van der Waals surface area contributed by atoms with Crippen LogP contribution in [0.3, 0.4) is 0 Å². The Hall–Kier alpha value is -5.48. The fourth-order valence-electron chi connectivity index (χ4n) is 8.82. The van der Waals surface area contributed by atoms with Crippen LogP contribution in [0, 0.1) is 5.41 Å². The lowest BCUT2D eigenvalue weighted by molar-refractivity contribution is 0.300. The maximum Gasteiger partial charge on any atom is 0.180 e. The molecule has 0 N–H and O–H groups in total. The van der Waals surface area contributed by atoms with E-state index in [9.17, 15) is 0 Å². The highest BCUT2D eigenvalue weighted by Crippen LogP contribution is 2.58. The number of hydrogen-bond donors (Lipinski definition) is 0. The van der Waals surface area contributed by atoms with Crippen molar-refractivity contribution in [3.8, 4) is 22.6 Å². The number of allylic oxidation sites excluding steroid dienone is 8. The van der Waals surface area contributed by atoms with Gasteiger partial charge in [-0.1, -0.05) is 104 Å². The number of aromatic nitrogens is 2. The predicted octanol–water partition coefficient (Wildman–Crippen LogP) is 13.2. The summed E-state index contributed by atoms with van der Waals surface area (Å²) in [6.07, 6.45) is 13.6. The molecule has 7 aromatic rings. The van der Waals surface area contributed by atoms with Gasteiger partial charge in [0.05, 0.1) is 5.56 Å². The largest absolute Gasteiger partial charge is 0.455 e. The highest BCUT2D eigenvalue weighted by atomic mass is 16.3. The van der Waals surface area contributed by atoms with Crippen molar-refractivity contribution in [1.82, 2.24) is 9.97 Å². The second-order valence-corrected chi connectivity index (χ2v) is 13.9. The van der Waals surface area contributed by atoms with Gasteiger partial charge < -0.3 is 8.83 Å². The van der Waals surface area contributed by atoms with Crippen LogP contribution in [-0.2, 0) is 0 Å². The molecule has 2 aliphatic rings. The quantitative estimate of drug-likeness (QED) is 0.190. The minimum Gasteiger partial charge on any atom is -0.455 e. The summed E-state index contributed by atoms with van der Waals surface area (Å²) >= 11 is 0. The van der Waals surface area contributed by atoms with Gasteiger partial charge in [0.15, 0.2) is 11.4 Å². The average Bonchev–Trinajstić information content (AvgIpc) is 3.79. The van der Waals surface area contributed by atoms with Gasteiger partial charge >= 0.3 is 0 Å². The van der Waals surface area contributed by atoms with Crippen molar-refractivity contribution < 1.29 is 8.83 Å². The fourth-order valence-corrected chi connectivity index (χ4v) is 8.82. The van der Waals surface area contributed by atoms with Gasteiger partial charge in [0.1, 0.15) is 28.0 Å². The van der Waals surface area contributed by atoms with Gasteiger partial charge in [-0.3, -0.25) is 0 Å². The van der Waals surface area contributed by atoms with Gasteiger partial charge in [-0.15, -0.1) is 0 Å². The van der Waals surface area contributed by atoms with E-state index in [0.717, 1.165) is 60.8 Å². The third kappa shape index (κ3) is 4.58. The molecule has 246 valence electrons. The Bertz CT molecular complexity index is 2600. The van der Waals surface area contributed by atoms with Gasteiger partial charge in [0, 0.05) is 27.1 Å². The molecule has 0 radical (unpaired) electrons. The van der Waals surface area contributed by atoms with Crippen LogP contribution < -0.4 is 0 Å². The van der Waals surface area contributed by atoms with E-state index in [0.29, 0.717) is 11.4 Å². The van der Waals surface area contributed by atoms with Crippen molar-refractivity contribution >= 4 is 49.6 Å². The second-order valence-electron chi connectivity index (χ2n) is 13.9. The van der Waals surface area contributed by atoms with Crippen molar-refractivity contribution in [2.45, 2.75) is 59.8 Å². The van der Waals surface area contributed by atoms with E-state index in [1.165, 1.54) is 60.0 Å². The molecular weight excluding hydrogens is 613 g/mol. The predicted molar refractivity (Wildman–Crippen MR) is 207 cm³/mol. The van der Waals surface area contributed by atoms with E-state index in [1.807, 2.05) is 36.4 Å². The first-order valence-electron chi connectivity index (χ1n) is 17.9. The molecule has 0 bridgehead atoms. The lowest BCUT2D eigenvalue weighted by Gasteiger charge is -2.37. The summed E-state index contributed by atoms with van der Waals surface area (Å²) in [7, 11) is 0. The highest BCUT2D eigenvalue weighted by Gasteiger charge is 2.44. The molecule has 9 rings (SSSR count). The summed E-state index contributed by atoms with van der Waals surface area (Å²) in [6.45, 7) is 9.01. The van der Waals surface area contributed by atoms with Crippen molar-refractivity contribution in [2.24, 2.45) is 5.41 Å². The number of furan rings is 2. The molecule has 0 atom stereocenters. The van der Waals surface area contributed by atoms with E-state index in [2.05, 4.69) is 101 Å². The molecule has 0 amide bonds. The molecule has 1 spiro atoms. The van der Waals surface area contributed by atoms with Gasteiger partial charge in [0.2, 0.25) is 0 Å². The number of hydrogen-bond acceptors (Lipinski definition) is 4. The van der Waals surface area contributed by atoms with Crippen LogP contribution in [0.4, 0.5) is 0 Å². The van der Waals surface area contributed by atoms with E-state index in [4.69, 9.17) is 18.8 Å². The Morgan fingerprint density at radius 2 is 1.48 bits per heavy atom. The first kappa shape index (κ1) is 30.6. The molecule has 0 saturated heterocycles. The number of para-hydroxylation sites is 2. The number of benzene rings is 4. The Kier molecular flexibility index (Phi) is 7.24. The van der Waals surface area contributed by atoms with Crippen LogP contribution in [0.5, 0.6) is 0 Å². The minimum atomic E-state index is 0.189. The summed E-state index contributed by atoms with van der Waals surface area (Å²) in [5.74, 6) is 0.614. The second kappa shape index (κ2) is 11.8. The average molecular weight is 653 g/mol. The summed E-state index contributed by atoms with van der Waals surface area (Å²) in [5, 5.41) is 3.10. The molecule has 1 saturated carbocycles. The topological polar surface area (TPSA) is 52.1 Å². The Balaban J connectivity index is 1.18. The van der Waals surface area contributed by atoms with Gasteiger partial charge in [0.25, 0.3) is 0 Å². The van der Waals surface area contributed by atoms with Gasteiger partial charge in [-0.25, -0.2) is 9.97 Å². The maximum absolute atomic E-state index is 6.75. The van der Waals surface area contributed by atoms with Crippen LogP contribution in [0.1, 0.15) is 65.4 Å². The van der Waals surface area contributed by atoms with Crippen molar-refractivity contribution in [2.75, 3.05) is 0 Å². The summed E-state index contributed by atoms with van der Waals surface area (Å²) < 4.78 is 13.1. The lowest BCUT2D eigenvalue weighted by Crippen LogP contribution is -2.25. The van der Waals surface area contributed by atoms with Crippen LogP contribution >= 0.6 is 0 Å². The summed E-state index contributed by atoms with van der Waals surface area (Å²) in [5.41, 5.74) is 15.0. The SMILES string of the molecule is C/C=C1\C(=C/C)C(/C=C(\C)c2ccc3c(c2)oc2c(-c4nc(-c5ccccc5)c5oc6ccccc6c5n4)cccc23)=C(C)C12CCCCC2. The van der Waals surface area contributed by atoms with E-state index < -0.39 is 0 Å². The molecule has 4 heteroatoms.